The number of benzene rings is 3. The second-order valence-corrected chi connectivity index (χ2v) is 9.77. The maximum absolute atomic E-state index is 12.3. The molecule has 0 saturated carbocycles. The molecule has 1 amide bonds. The van der Waals surface area contributed by atoms with Gasteiger partial charge < -0.3 is 10.1 Å². The Morgan fingerprint density at radius 1 is 0.969 bits per heavy atom. The Kier molecular flexibility index (Phi) is 8.01. The second-order valence-electron chi connectivity index (χ2n) is 7.02. The molecule has 0 radical (unpaired) electrons. The highest BCUT2D eigenvalue weighted by Crippen LogP contribution is 2.31. The fourth-order valence-electron chi connectivity index (χ4n) is 2.98. The summed E-state index contributed by atoms with van der Waals surface area (Å²) < 4.78 is 31.4. The van der Waals surface area contributed by atoms with E-state index in [-0.39, 0.29) is 29.6 Å². The normalized spacial score (nSPS) is 11.1. The molecule has 0 spiro atoms. The van der Waals surface area contributed by atoms with Crippen molar-refractivity contribution in [1.29, 1.82) is 0 Å². The topological polar surface area (TPSA) is 75.7 Å². The number of nitrogens with one attached hydrogen (secondary N) is 1. The third-order valence-electron chi connectivity index (χ3n) is 4.46. The van der Waals surface area contributed by atoms with Gasteiger partial charge in [-0.1, -0.05) is 41.4 Å². The van der Waals surface area contributed by atoms with Gasteiger partial charge in [0.2, 0.25) is 15.9 Å². The summed E-state index contributed by atoms with van der Waals surface area (Å²) in [5, 5.41) is 3.43. The predicted octanol–water partition coefficient (Wildman–Crippen LogP) is 5.97. The van der Waals surface area contributed by atoms with E-state index >= 15 is 0 Å². The Bertz CT molecular complexity index is 1170. The van der Waals surface area contributed by atoms with Crippen LogP contribution in [0.4, 0.5) is 11.4 Å². The predicted molar refractivity (Wildman–Crippen MR) is 129 cm³/mol. The van der Waals surface area contributed by atoms with Gasteiger partial charge in [-0.3, -0.25) is 9.10 Å². The molecule has 3 aromatic rings. The summed E-state index contributed by atoms with van der Waals surface area (Å²) in [5.74, 6) is 1.14. The lowest BCUT2D eigenvalue weighted by atomic mass is 10.2. The van der Waals surface area contributed by atoms with Gasteiger partial charge >= 0.3 is 0 Å². The fourth-order valence-corrected chi connectivity index (χ4v) is 4.38. The SMILES string of the molecule is CS(=O)(=O)N(CCCC(=O)Nc1ccc(Oc2ccccc2)cc1)c1cc(Cl)ccc1Cl. The summed E-state index contributed by atoms with van der Waals surface area (Å²) in [6, 6.07) is 21.0. The molecule has 0 aliphatic carbocycles. The lowest BCUT2D eigenvalue weighted by Gasteiger charge is -2.23. The maximum atomic E-state index is 12.3. The van der Waals surface area contributed by atoms with Crippen molar-refractivity contribution in [2.45, 2.75) is 12.8 Å². The first-order valence-electron chi connectivity index (χ1n) is 9.78. The summed E-state index contributed by atoms with van der Waals surface area (Å²) in [5.41, 5.74) is 0.907. The summed E-state index contributed by atoms with van der Waals surface area (Å²) in [6.07, 6.45) is 1.52. The van der Waals surface area contributed by atoms with Crippen LogP contribution in [0.15, 0.2) is 72.8 Å². The highest BCUT2D eigenvalue weighted by atomic mass is 35.5. The largest absolute Gasteiger partial charge is 0.457 e. The highest BCUT2D eigenvalue weighted by Gasteiger charge is 2.20. The molecule has 6 nitrogen and oxygen atoms in total. The third kappa shape index (κ3) is 6.88. The van der Waals surface area contributed by atoms with Gasteiger partial charge in [-0.05, 0) is 61.0 Å². The summed E-state index contributed by atoms with van der Waals surface area (Å²) in [4.78, 5) is 12.3. The zero-order valence-corrected chi connectivity index (χ0v) is 19.6. The molecule has 0 heterocycles. The van der Waals surface area contributed by atoms with Crippen LogP contribution in [0.2, 0.25) is 10.0 Å². The summed E-state index contributed by atoms with van der Waals surface area (Å²) >= 11 is 12.1. The van der Waals surface area contributed by atoms with Crippen molar-refractivity contribution < 1.29 is 17.9 Å². The van der Waals surface area contributed by atoms with E-state index in [0.717, 1.165) is 16.3 Å². The number of ether oxygens (including phenoxy) is 1. The Hall–Kier alpha value is -2.74. The first kappa shape index (κ1) is 23.9. The van der Waals surface area contributed by atoms with Crippen molar-refractivity contribution in [1.82, 2.24) is 0 Å². The van der Waals surface area contributed by atoms with Crippen LogP contribution in [-0.4, -0.2) is 27.1 Å². The third-order valence-corrected chi connectivity index (χ3v) is 6.19. The average Bonchev–Trinajstić information content (AvgIpc) is 2.74. The minimum Gasteiger partial charge on any atom is -0.457 e. The molecule has 32 heavy (non-hydrogen) atoms. The number of anilines is 2. The summed E-state index contributed by atoms with van der Waals surface area (Å²) in [6.45, 7) is 0.0934. The number of hydrogen-bond acceptors (Lipinski definition) is 4. The molecule has 0 unspecified atom stereocenters. The number of amides is 1. The molecule has 3 rings (SSSR count). The van der Waals surface area contributed by atoms with Crippen LogP contribution < -0.4 is 14.4 Å². The number of nitrogens with zero attached hydrogens (tertiary/aromatic N) is 1. The molecule has 0 aliphatic heterocycles. The molecule has 0 aliphatic rings. The van der Waals surface area contributed by atoms with E-state index in [2.05, 4.69) is 5.32 Å². The minimum absolute atomic E-state index is 0.0934. The Balaban J connectivity index is 1.55. The van der Waals surface area contributed by atoms with Gasteiger partial charge in [0, 0.05) is 23.7 Å². The number of para-hydroxylation sites is 1. The van der Waals surface area contributed by atoms with Gasteiger partial charge in [0.1, 0.15) is 11.5 Å². The summed E-state index contributed by atoms with van der Waals surface area (Å²) in [7, 11) is -3.60. The van der Waals surface area contributed by atoms with Crippen LogP contribution in [-0.2, 0) is 14.8 Å². The second kappa shape index (κ2) is 10.7. The van der Waals surface area contributed by atoms with Crippen molar-refractivity contribution in [3.63, 3.8) is 0 Å². The number of rotatable bonds is 9. The van der Waals surface area contributed by atoms with Crippen LogP contribution in [0.3, 0.4) is 0 Å². The van der Waals surface area contributed by atoms with E-state index in [1.165, 1.54) is 12.1 Å². The molecule has 3 aromatic carbocycles. The molecule has 9 heteroatoms. The highest BCUT2D eigenvalue weighted by molar-refractivity contribution is 7.92. The molecule has 0 fully saturated rings. The standard InChI is InChI=1S/C23H22Cl2N2O4S/c1-32(29,30)27(22-16-17(24)9-14-21(22)25)15-5-8-23(28)26-18-10-12-20(13-11-18)31-19-6-3-2-4-7-19/h2-4,6-7,9-14,16H,5,8,15H2,1H3,(H,26,28). The van der Waals surface area contributed by atoms with Gasteiger partial charge in [-0.15, -0.1) is 0 Å². The molecule has 168 valence electrons. The van der Waals surface area contributed by atoms with Gasteiger partial charge in [0.25, 0.3) is 0 Å². The molecule has 0 bridgehead atoms. The van der Waals surface area contributed by atoms with E-state index in [9.17, 15) is 13.2 Å². The molecular formula is C23H22Cl2N2O4S. The number of carbonyl (C=O) groups excluding carboxylic acids is 1. The van der Waals surface area contributed by atoms with E-state index < -0.39 is 10.0 Å². The van der Waals surface area contributed by atoms with E-state index in [1.54, 1.807) is 30.3 Å². The van der Waals surface area contributed by atoms with Crippen LogP contribution >= 0.6 is 23.2 Å². The Labute approximate surface area is 197 Å². The molecule has 1 N–H and O–H groups in total. The van der Waals surface area contributed by atoms with Crippen molar-refractivity contribution in [2.75, 3.05) is 22.4 Å². The Morgan fingerprint density at radius 2 is 1.62 bits per heavy atom. The van der Waals surface area contributed by atoms with Gasteiger partial charge in [-0.2, -0.15) is 0 Å². The smallest absolute Gasteiger partial charge is 0.232 e. The van der Waals surface area contributed by atoms with E-state index in [1.807, 2.05) is 30.3 Å². The number of halogens is 2. The lowest BCUT2D eigenvalue weighted by Crippen LogP contribution is -2.31. The average molecular weight is 493 g/mol. The molecule has 0 atom stereocenters. The Morgan fingerprint density at radius 3 is 2.28 bits per heavy atom. The van der Waals surface area contributed by atoms with Crippen LogP contribution in [0, 0.1) is 0 Å². The molecule has 0 saturated heterocycles. The van der Waals surface area contributed by atoms with Gasteiger partial charge in [0.15, 0.2) is 0 Å². The molecular weight excluding hydrogens is 471 g/mol. The van der Waals surface area contributed by atoms with Crippen molar-refractivity contribution in [2.24, 2.45) is 0 Å². The van der Waals surface area contributed by atoms with Crippen molar-refractivity contribution >= 4 is 50.5 Å². The zero-order chi connectivity index (χ0) is 23.1. The maximum Gasteiger partial charge on any atom is 0.232 e. The molecule has 0 aromatic heterocycles. The van der Waals surface area contributed by atoms with Gasteiger partial charge in [0.05, 0.1) is 17.0 Å². The quantitative estimate of drug-likeness (QED) is 0.399. The first-order valence-corrected chi connectivity index (χ1v) is 12.4. The fraction of sp³-hybridized carbons (Fsp3) is 0.174. The van der Waals surface area contributed by atoms with Crippen LogP contribution in [0.5, 0.6) is 11.5 Å². The van der Waals surface area contributed by atoms with Crippen LogP contribution in [0.25, 0.3) is 0 Å². The number of carbonyl (C=O) groups is 1. The van der Waals surface area contributed by atoms with Crippen LogP contribution in [0.1, 0.15) is 12.8 Å². The first-order chi connectivity index (χ1) is 15.2. The number of sulfonamides is 1. The van der Waals surface area contributed by atoms with Crippen molar-refractivity contribution in [3.05, 3.63) is 82.8 Å². The van der Waals surface area contributed by atoms with Crippen molar-refractivity contribution in [3.8, 4) is 11.5 Å². The zero-order valence-electron chi connectivity index (χ0n) is 17.3. The van der Waals surface area contributed by atoms with E-state index in [4.69, 9.17) is 27.9 Å². The monoisotopic (exact) mass is 492 g/mol. The van der Waals surface area contributed by atoms with Gasteiger partial charge in [-0.25, -0.2) is 8.42 Å². The number of hydrogen-bond donors (Lipinski definition) is 1. The minimum atomic E-state index is -3.60. The van der Waals surface area contributed by atoms with E-state index in [0.29, 0.717) is 22.9 Å². The lowest BCUT2D eigenvalue weighted by molar-refractivity contribution is -0.116.